The number of ether oxygens (including phenoxy) is 1. The number of carbonyl (C=O) groups is 1. The van der Waals surface area contributed by atoms with E-state index in [9.17, 15) is 14.9 Å². The van der Waals surface area contributed by atoms with Crippen LogP contribution in [0.25, 0.3) is 0 Å². The predicted octanol–water partition coefficient (Wildman–Crippen LogP) is 2.94. The maximum atomic E-state index is 12.5. The molecule has 0 radical (unpaired) electrons. The second-order valence-electron chi connectivity index (χ2n) is 7.19. The van der Waals surface area contributed by atoms with E-state index in [2.05, 4.69) is 24.1 Å². The van der Waals surface area contributed by atoms with Crippen molar-refractivity contribution in [3.05, 3.63) is 34.4 Å². The van der Waals surface area contributed by atoms with E-state index in [-0.39, 0.29) is 16.8 Å². The summed E-state index contributed by atoms with van der Waals surface area (Å²) in [6, 6.07) is 6.60. The fraction of sp³-hybridized carbons (Fsp3) is 0.632. The molecule has 0 spiro atoms. The first-order valence-electron chi connectivity index (χ1n) is 9.37. The van der Waals surface area contributed by atoms with Crippen LogP contribution in [0.5, 0.6) is 0 Å². The van der Waals surface area contributed by atoms with Gasteiger partial charge in [0.25, 0.3) is 5.69 Å². The molecule has 8 heteroatoms. The summed E-state index contributed by atoms with van der Waals surface area (Å²) >= 11 is 1.41. The number of hydrogen-bond donors (Lipinski definition) is 1. The van der Waals surface area contributed by atoms with Crippen LogP contribution in [-0.4, -0.2) is 59.9 Å². The third-order valence-corrected chi connectivity index (χ3v) is 5.66. The van der Waals surface area contributed by atoms with Gasteiger partial charge in [-0.05, 0) is 31.4 Å². The number of nitro benzene ring substituents is 1. The van der Waals surface area contributed by atoms with Crippen LogP contribution < -0.4 is 5.32 Å². The molecule has 7 nitrogen and oxygen atoms in total. The fourth-order valence-electron chi connectivity index (χ4n) is 3.11. The average molecular weight is 396 g/mol. The molecule has 1 saturated heterocycles. The molecule has 1 amide bonds. The Morgan fingerprint density at radius 1 is 1.26 bits per heavy atom. The van der Waals surface area contributed by atoms with E-state index in [0.717, 1.165) is 37.6 Å². The van der Waals surface area contributed by atoms with Crippen LogP contribution >= 0.6 is 11.8 Å². The topological polar surface area (TPSA) is 84.7 Å². The summed E-state index contributed by atoms with van der Waals surface area (Å²) in [7, 11) is 0. The quantitative estimate of drug-likeness (QED) is 0.393. The Balaban J connectivity index is 1.86. The van der Waals surface area contributed by atoms with Crippen molar-refractivity contribution in [3.8, 4) is 0 Å². The lowest BCUT2D eigenvalue weighted by Crippen LogP contribution is -2.50. The Labute approximate surface area is 165 Å². The number of rotatable bonds is 9. The van der Waals surface area contributed by atoms with Crippen molar-refractivity contribution in [2.75, 3.05) is 32.8 Å². The normalized spacial score (nSPS) is 17.5. The zero-order valence-corrected chi connectivity index (χ0v) is 17.0. The van der Waals surface area contributed by atoms with Gasteiger partial charge >= 0.3 is 0 Å². The molecule has 0 aromatic heterocycles. The Kier molecular flexibility index (Phi) is 8.53. The molecule has 150 valence electrons. The molecular weight excluding hydrogens is 366 g/mol. The highest BCUT2D eigenvalue weighted by Gasteiger charge is 2.23. The van der Waals surface area contributed by atoms with Gasteiger partial charge in [-0.25, -0.2) is 0 Å². The standard InChI is InChI=1S/C19H29N3O4S/c1-14(2)12-17(21-8-10-26-11-9-21)13-20-19(23)15(3)27-18-6-4-16(5-7-18)22(24)25/h4-7,14-15,17H,8-13H2,1-3H3,(H,20,23). The summed E-state index contributed by atoms with van der Waals surface area (Å²) in [5, 5.41) is 13.5. The first kappa shape index (κ1) is 21.7. The molecule has 1 aromatic carbocycles. The van der Waals surface area contributed by atoms with E-state index >= 15 is 0 Å². The minimum absolute atomic E-state index is 0.0135. The van der Waals surface area contributed by atoms with Gasteiger partial charge < -0.3 is 10.1 Å². The van der Waals surface area contributed by atoms with E-state index in [1.807, 2.05) is 6.92 Å². The number of non-ortho nitro benzene ring substituents is 1. The SMILES string of the molecule is CC(C)CC(CNC(=O)C(C)Sc1ccc([N+](=O)[O-])cc1)N1CCOCC1. The second-order valence-corrected chi connectivity index (χ2v) is 8.60. The van der Waals surface area contributed by atoms with Crippen molar-refractivity contribution in [1.82, 2.24) is 10.2 Å². The van der Waals surface area contributed by atoms with Crippen LogP contribution in [0.4, 0.5) is 5.69 Å². The van der Waals surface area contributed by atoms with Crippen molar-refractivity contribution < 1.29 is 14.5 Å². The number of nitrogens with one attached hydrogen (secondary N) is 1. The molecule has 1 aliphatic rings. The molecule has 0 aliphatic carbocycles. The van der Waals surface area contributed by atoms with Crippen molar-refractivity contribution in [2.45, 2.75) is 43.4 Å². The highest BCUT2D eigenvalue weighted by atomic mass is 32.2. The van der Waals surface area contributed by atoms with Crippen molar-refractivity contribution in [1.29, 1.82) is 0 Å². The Morgan fingerprint density at radius 3 is 2.44 bits per heavy atom. The summed E-state index contributed by atoms with van der Waals surface area (Å²) in [5.41, 5.74) is 0.0542. The molecule has 2 atom stereocenters. The van der Waals surface area contributed by atoms with Crippen LogP contribution in [0.2, 0.25) is 0 Å². The monoisotopic (exact) mass is 395 g/mol. The van der Waals surface area contributed by atoms with E-state index in [0.29, 0.717) is 18.5 Å². The van der Waals surface area contributed by atoms with E-state index in [4.69, 9.17) is 4.74 Å². The molecule has 0 bridgehead atoms. The highest BCUT2D eigenvalue weighted by molar-refractivity contribution is 8.00. The maximum absolute atomic E-state index is 12.5. The molecule has 1 fully saturated rings. The smallest absolute Gasteiger partial charge is 0.269 e. The van der Waals surface area contributed by atoms with Gasteiger partial charge in [0.1, 0.15) is 0 Å². The minimum atomic E-state index is -0.426. The minimum Gasteiger partial charge on any atom is -0.379 e. The number of nitrogens with zero attached hydrogens (tertiary/aromatic N) is 2. The van der Waals surface area contributed by atoms with E-state index < -0.39 is 4.92 Å². The lowest BCUT2D eigenvalue weighted by molar-refractivity contribution is -0.384. The number of morpholine rings is 1. The van der Waals surface area contributed by atoms with Crippen LogP contribution in [0.3, 0.4) is 0 Å². The Bertz CT molecular complexity index is 618. The van der Waals surface area contributed by atoms with Crippen LogP contribution in [-0.2, 0) is 9.53 Å². The number of benzene rings is 1. The fourth-order valence-corrected chi connectivity index (χ4v) is 4.01. The van der Waals surface area contributed by atoms with Gasteiger partial charge in [-0.15, -0.1) is 11.8 Å². The molecule has 1 N–H and O–H groups in total. The van der Waals surface area contributed by atoms with E-state index in [1.165, 1.54) is 23.9 Å². The zero-order chi connectivity index (χ0) is 19.8. The number of amides is 1. The maximum Gasteiger partial charge on any atom is 0.269 e. The number of carbonyl (C=O) groups excluding carboxylic acids is 1. The lowest BCUT2D eigenvalue weighted by atomic mass is 10.0. The Hall–Kier alpha value is -1.64. The van der Waals surface area contributed by atoms with Gasteiger partial charge in [-0.2, -0.15) is 0 Å². The largest absolute Gasteiger partial charge is 0.379 e. The summed E-state index contributed by atoms with van der Waals surface area (Å²) < 4.78 is 5.43. The molecule has 0 saturated carbocycles. The van der Waals surface area contributed by atoms with Crippen LogP contribution in [0.1, 0.15) is 27.2 Å². The molecular formula is C19H29N3O4S. The summed E-state index contributed by atoms with van der Waals surface area (Å²) in [5.74, 6) is 0.544. The number of nitro groups is 1. The third-order valence-electron chi connectivity index (χ3n) is 4.55. The summed E-state index contributed by atoms with van der Waals surface area (Å²) in [6.07, 6.45) is 1.03. The Morgan fingerprint density at radius 2 is 1.89 bits per heavy atom. The molecule has 27 heavy (non-hydrogen) atoms. The van der Waals surface area contributed by atoms with Gasteiger partial charge in [-0.3, -0.25) is 19.8 Å². The zero-order valence-electron chi connectivity index (χ0n) is 16.2. The van der Waals surface area contributed by atoms with Crippen LogP contribution in [0.15, 0.2) is 29.2 Å². The molecule has 1 aromatic rings. The van der Waals surface area contributed by atoms with Gasteiger partial charge in [0.05, 0.1) is 23.4 Å². The van der Waals surface area contributed by atoms with Crippen molar-refractivity contribution in [2.24, 2.45) is 5.92 Å². The van der Waals surface area contributed by atoms with Gasteiger partial charge in [0, 0.05) is 42.7 Å². The molecule has 1 heterocycles. The van der Waals surface area contributed by atoms with Gasteiger partial charge in [0.2, 0.25) is 5.91 Å². The first-order valence-corrected chi connectivity index (χ1v) is 10.3. The van der Waals surface area contributed by atoms with E-state index in [1.54, 1.807) is 12.1 Å². The van der Waals surface area contributed by atoms with Crippen LogP contribution in [0, 0.1) is 16.0 Å². The van der Waals surface area contributed by atoms with Gasteiger partial charge in [0.15, 0.2) is 0 Å². The molecule has 1 aliphatic heterocycles. The average Bonchev–Trinajstić information content (AvgIpc) is 2.65. The second kappa shape index (κ2) is 10.6. The van der Waals surface area contributed by atoms with Crippen molar-refractivity contribution >= 4 is 23.4 Å². The number of thioether (sulfide) groups is 1. The van der Waals surface area contributed by atoms with Crippen molar-refractivity contribution in [3.63, 3.8) is 0 Å². The molecule has 2 unspecified atom stereocenters. The third kappa shape index (κ3) is 7.12. The lowest BCUT2D eigenvalue weighted by Gasteiger charge is -2.35. The van der Waals surface area contributed by atoms with Gasteiger partial charge in [-0.1, -0.05) is 13.8 Å². The molecule has 2 rings (SSSR count). The number of hydrogen-bond acceptors (Lipinski definition) is 6. The summed E-state index contributed by atoms with van der Waals surface area (Å²) in [4.78, 5) is 26.1. The first-order chi connectivity index (χ1) is 12.9. The highest BCUT2D eigenvalue weighted by Crippen LogP contribution is 2.25. The predicted molar refractivity (Wildman–Crippen MR) is 107 cm³/mol. The summed E-state index contributed by atoms with van der Waals surface area (Å²) in [6.45, 7) is 10.2.